The van der Waals surface area contributed by atoms with Crippen molar-refractivity contribution in [1.29, 1.82) is 5.26 Å². The Kier molecular flexibility index (Phi) is 4.35. The van der Waals surface area contributed by atoms with Gasteiger partial charge in [-0.25, -0.2) is 0 Å². The topological polar surface area (TPSA) is 79.5 Å². The summed E-state index contributed by atoms with van der Waals surface area (Å²) < 4.78 is 4.81. The third-order valence-corrected chi connectivity index (χ3v) is 2.32. The molecular formula is C12H12N2O3. The third kappa shape index (κ3) is 2.88. The first-order valence-corrected chi connectivity index (χ1v) is 5.14. The number of nitrogens with zero attached hydrogens (tertiary/aromatic N) is 2. The van der Waals surface area contributed by atoms with Crippen LogP contribution in [0.15, 0.2) is 23.4 Å². The molecule has 0 aliphatic carbocycles. The Balaban J connectivity index is 3.09. The normalized spacial score (nSPS) is 11.4. The van der Waals surface area contributed by atoms with E-state index in [4.69, 9.17) is 10.00 Å². The van der Waals surface area contributed by atoms with Gasteiger partial charge in [-0.3, -0.25) is 4.79 Å². The molecule has 88 valence electrons. The summed E-state index contributed by atoms with van der Waals surface area (Å²) in [4.78, 5) is 21.9. The Morgan fingerprint density at radius 3 is 2.76 bits per heavy atom. The Morgan fingerprint density at radius 1 is 1.59 bits per heavy atom. The molecule has 0 saturated heterocycles. The molecule has 5 heteroatoms. The van der Waals surface area contributed by atoms with Gasteiger partial charge < -0.3 is 4.74 Å². The second-order valence-electron chi connectivity index (χ2n) is 3.45. The van der Waals surface area contributed by atoms with Gasteiger partial charge in [0.25, 0.3) is 0 Å². The van der Waals surface area contributed by atoms with Crippen LogP contribution >= 0.6 is 0 Å². The lowest BCUT2D eigenvalue weighted by molar-refractivity contribution is -0.143. The summed E-state index contributed by atoms with van der Waals surface area (Å²) >= 11 is 0. The van der Waals surface area contributed by atoms with Gasteiger partial charge in [0.05, 0.1) is 12.7 Å². The maximum atomic E-state index is 11.6. The van der Waals surface area contributed by atoms with Gasteiger partial charge in [-0.15, -0.1) is 4.91 Å². The zero-order valence-electron chi connectivity index (χ0n) is 9.64. The van der Waals surface area contributed by atoms with Crippen molar-refractivity contribution in [2.45, 2.75) is 19.8 Å². The Hall–Kier alpha value is -2.22. The zero-order chi connectivity index (χ0) is 12.8. The number of nitriles is 1. The van der Waals surface area contributed by atoms with Gasteiger partial charge in [0.2, 0.25) is 0 Å². The van der Waals surface area contributed by atoms with Crippen molar-refractivity contribution in [2.75, 3.05) is 6.61 Å². The number of aryl methyl sites for hydroxylation is 1. The summed E-state index contributed by atoms with van der Waals surface area (Å²) in [7, 11) is 0. The quantitative estimate of drug-likeness (QED) is 0.590. The lowest BCUT2D eigenvalue weighted by Crippen LogP contribution is -2.15. The molecule has 0 heterocycles. The number of hydrogen-bond donors (Lipinski definition) is 0. The Bertz CT molecular complexity index is 477. The summed E-state index contributed by atoms with van der Waals surface area (Å²) in [5.41, 5.74) is 1.48. The van der Waals surface area contributed by atoms with E-state index in [0.29, 0.717) is 11.1 Å². The Morgan fingerprint density at radius 2 is 2.29 bits per heavy atom. The highest BCUT2D eigenvalue weighted by atomic mass is 16.5. The van der Waals surface area contributed by atoms with E-state index in [0.717, 1.165) is 0 Å². The van der Waals surface area contributed by atoms with Crippen LogP contribution in [0.3, 0.4) is 0 Å². The molecule has 0 radical (unpaired) electrons. The number of hydrogen-bond acceptors (Lipinski definition) is 5. The molecule has 0 bridgehead atoms. The molecular weight excluding hydrogens is 220 g/mol. The molecule has 1 unspecified atom stereocenters. The second kappa shape index (κ2) is 5.75. The number of ether oxygens (including phenoxy) is 1. The average molecular weight is 232 g/mol. The maximum absolute atomic E-state index is 11.6. The fraction of sp³-hybridized carbons (Fsp3) is 0.333. The SMILES string of the molecule is CCOC(=O)C(C#N)c1ccc(N=O)cc1C. The van der Waals surface area contributed by atoms with Crippen LogP contribution in [0, 0.1) is 23.2 Å². The molecule has 0 amide bonds. The predicted molar refractivity (Wildman–Crippen MR) is 61.6 cm³/mol. The highest BCUT2D eigenvalue weighted by molar-refractivity contribution is 5.82. The first-order valence-electron chi connectivity index (χ1n) is 5.14. The van der Waals surface area contributed by atoms with Crippen LogP contribution in [-0.4, -0.2) is 12.6 Å². The number of nitroso groups, excluding NO2 is 1. The number of carbonyl (C=O) groups excluding carboxylic acids is 1. The molecule has 0 aliphatic rings. The Labute approximate surface area is 99.0 Å². The first kappa shape index (κ1) is 12.8. The maximum Gasteiger partial charge on any atom is 0.327 e. The molecule has 1 aromatic carbocycles. The molecule has 1 rings (SSSR count). The van der Waals surface area contributed by atoms with Crippen LogP contribution in [0.25, 0.3) is 0 Å². The van der Waals surface area contributed by atoms with Gasteiger partial charge in [-0.2, -0.15) is 5.26 Å². The summed E-state index contributed by atoms with van der Waals surface area (Å²) in [6, 6.07) is 6.46. The van der Waals surface area contributed by atoms with Crippen LogP contribution in [-0.2, 0) is 9.53 Å². The summed E-state index contributed by atoms with van der Waals surface area (Å²) in [6.07, 6.45) is 0. The van der Waals surface area contributed by atoms with E-state index in [9.17, 15) is 9.70 Å². The molecule has 0 N–H and O–H groups in total. The second-order valence-corrected chi connectivity index (χ2v) is 3.45. The van der Waals surface area contributed by atoms with E-state index < -0.39 is 11.9 Å². The van der Waals surface area contributed by atoms with Gasteiger partial charge in [0, 0.05) is 0 Å². The van der Waals surface area contributed by atoms with Crippen molar-refractivity contribution >= 4 is 11.7 Å². The highest BCUT2D eigenvalue weighted by Crippen LogP contribution is 2.24. The van der Waals surface area contributed by atoms with Crippen LogP contribution in [0.5, 0.6) is 0 Å². The molecule has 1 atom stereocenters. The van der Waals surface area contributed by atoms with Gasteiger partial charge in [-0.1, -0.05) is 6.07 Å². The lowest BCUT2D eigenvalue weighted by atomic mass is 9.95. The minimum atomic E-state index is -0.962. The number of benzene rings is 1. The van der Waals surface area contributed by atoms with E-state index in [-0.39, 0.29) is 12.3 Å². The zero-order valence-corrected chi connectivity index (χ0v) is 9.64. The molecule has 1 aromatic rings. The molecule has 17 heavy (non-hydrogen) atoms. The standard InChI is InChI=1S/C12H12N2O3/c1-3-17-12(15)11(7-13)10-5-4-9(14-16)6-8(10)2/h4-6,11H,3H2,1-2H3. The van der Waals surface area contributed by atoms with Gasteiger partial charge in [-0.05, 0) is 42.3 Å². The summed E-state index contributed by atoms with van der Waals surface area (Å²) in [5.74, 6) is -1.54. The van der Waals surface area contributed by atoms with E-state index in [2.05, 4.69) is 5.18 Å². The van der Waals surface area contributed by atoms with Crippen LogP contribution < -0.4 is 0 Å². The highest BCUT2D eigenvalue weighted by Gasteiger charge is 2.23. The van der Waals surface area contributed by atoms with E-state index in [1.807, 2.05) is 6.07 Å². The average Bonchev–Trinajstić information content (AvgIpc) is 2.32. The monoisotopic (exact) mass is 232 g/mol. The number of rotatable bonds is 4. The largest absolute Gasteiger partial charge is 0.465 e. The predicted octanol–water partition coefficient (Wildman–Crippen LogP) is 2.56. The van der Waals surface area contributed by atoms with Gasteiger partial charge in [0.15, 0.2) is 5.92 Å². The van der Waals surface area contributed by atoms with Crippen molar-refractivity contribution in [3.05, 3.63) is 34.2 Å². The van der Waals surface area contributed by atoms with Crippen molar-refractivity contribution in [2.24, 2.45) is 5.18 Å². The summed E-state index contributed by atoms with van der Waals surface area (Å²) in [5, 5.41) is 11.8. The van der Waals surface area contributed by atoms with Gasteiger partial charge >= 0.3 is 5.97 Å². The van der Waals surface area contributed by atoms with Crippen molar-refractivity contribution in [3.63, 3.8) is 0 Å². The van der Waals surface area contributed by atoms with E-state index in [1.54, 1.807) is 19.9 Å². The van der Waals surface area contributed by atoms with Crippen molar-refractivity contribution in [1.82, 2.24) is 0 Å². The van der Waals surface area contributed by atoms with Crippen LogP contribution in [0.2, 0.25) is 0 Å². The third-order valence-electron chi connectivity index (χ3n) is 2.32. The number of esters is 1. The summed E-state index contributed by atoms with van der Waals surface area (Å²) in [6.45, 7) is 3.62. The van der Waals surface area contributed by atoms with Crippen LogP contribution in [0.1, 0.15) is 24.0 Å². The molecule has 0 aliphatic heterocycles. The number of carbonyl (C=O) groups is 1. The molecule has 0 saturated carbocycles. The van der Waals surface area contributed by atoms with Gasteiger partial charge in [0.1, 0.15) is 5.69 Å². The minimum absolute atomic E-state index is 0.226. The van der Waals surface area contributed by atoms with Crippen molar-refractivity contribution < 1.29 is 9.53 Å². The van der Waals surface area contributed by atoms with E-state index >= 15 is 0 Å². The smallest absolute Gasteiger partial charge is 0.327 e. The fourth-order valence-electron chi connectivity index (χ4n) is 1.52. The van der Waals surface area contributed by atoms with Crippen LogP contribution in [0.4, 0.5) is 5.69 Å². The molecule has 0 spiro atoms. The first-order chi connectivity index (χ1) is 8.13. The molecule has 0 aromatic heterocycles. The lowest BCUT2D eigenvalue weighted by Gasteiger charge is -2.11. The fourth-order valence-corrected chi connectivity index (χ4v) is 1.52. The molecule has 5 nitrogen and oxygen atoms in total. The van der Waals surface area contributed by atoms with Crippen molar-refractivity contribution in [3.8, 4) is 6.07 Å². The minimum Gasteiger partial charge on any atom is -0.465 e. The molecule has 0 fully saturated rings. The van der Waals surface area contributed by atoms with E-state index in [1.165, 1.54) is 12.1 Å².